The van der Waals surface area contributed by atoms with Gasteiger partial charge in [0.1, 0.15) is 6.04 Å². The van der Waals surface area contributed by atoms with Crippen molar-refractivity contribution in [2.45, 2.75) is 19.4 Å². The van der Waals surface area contributed by atoms with E-state index in [1.807, 2.05) is 5.32 Å². The average Bonchev–Trinajstić information content (AvgIpc) is 2.30. The summed E-state index contributed by atoms with van der Waals surface area (Å²) in [4.78, 5) is 33.0. The molecule has 2 amide bonds. The van der Waals surface area contributed by atoms with Crippen molar-refractivity contribution in [3.63, 3.8) is 0 Å². The predicted molar refractivity (Wildman–Crippen MR) is 63.1 cm³/mol. The maximum Gasteiger partial charge on any atom is 0.304 e. The van der Waals surface area contributed by atoms with Gasteiger partial charge in [-0.05, 0) is 6.92 Å². The molecule has 1 saturated heterocycles. The molecule has 1 unspecified atom stereocenters. The fourth-order valence-electron chi connectivity index (χ4n) is 1.52. The number of hydrogen-bond donors (Lipinski definition) is 2. The quantitative estimate of drug-likeness (QED) is 0.564. The number of rotatable bonds is 5. The Balaban J connectivity index is 2.88. The SMILES string of the molecule is CC1C(=O)NC(=O)CN1S(=O)(=O)N(C)CCC(=O)O. The first-order valence-corrected chi connectivity index (χ1v) is 6.84. The molecule has 0 aliphatic carbocycles. The molecule has 0 spiro atoms. The topological polar surface area (TPSA) is 124 Å². The molecular formula is C9H15N3O6S. The Kier molecular flexibility index (Phi) is 4.61. The van der Waals surface area contributed by atoms with Gasteiger partial charge in [-0.25, -0.2) is 0 Å². The van der Waals surface area contributed by atoms with Gasteiger partial charge in [-0.15, -0.1) is 0 Å². The van der Waals surface area contributed by atoms with E-state index in [2.05, 4.69) is 0 Å². The van der Waals surface area contributed by atoms with Crippen LogP contribution in [0.4, 0.5) is 0 Å². The van der Waals surface area contributed by atoms with Crippen molar-refractivity contribution < 1.29 is 27.9 Å². The highest BCUT2D eigenvalue weighted by molar-refractivity contribution is 7.86. The van der Waals surface area contributed by atoms with Crippen molar-refractivity contribution in [2.24, 2.45) is 0 Å². The standard InChI is InChI=1S/C9H15N3O6S/c1-6-9(16)10-7(13)5-12(6)19(17,18)11(2)4-3-8(14)15/h6H,3-5H2,1-2H3,(H,14,15)(H,10,13,16). The van der Waals surface area contributed by atoms with Crippen LogP contribution in [0.3, 0.4) is 0 Å². The minimum Gasteiger partial charge on any atom is -0.481 e. The molecule has 0 aromatic carbocycles. The zero-order valence-electron chi connectivity index (χ0n) is 10.5. The number of amides is 2. The molecule has 1 aliphatic rings. The number of hydrogen-bond acceptors (Lipinski definition) is 5. The largest absolute Gasteiger partial charge is 0.481 e. The van der Waals surface area contributed by atoms with Crippen LogP contribution in [0.15, 0.2) is 0 Å². The average molecular weight is 293 g/mol. The van der Waals surface area contributed by atoms with Crippen LogP contribution in [0.2, 0.25) is 0 Å². The van der Waals surface area contributed by atoms with Crippen LogP contribution in [0.5, 0.6) is 0 Å². The summed E-state index contributed by atoms with van der Waals surface area (Å²) in [5.74, 6) is -2.55. The summed E-state index contributed by atoms with van der Waals surface area (Å²) in [5, 5.41) is 10.5. The van der Waals surface area contributed by atoms with E-state index < -0.39 is 40.6 Å². The van der Waals surface area contributed by atoms with E-state index in [0.29, 0.717) is 0 Å². The highest BCUT2D eigenvalue weighted by Crippen LogP contribution is 2.14. The lowest BCUT2D eigenvalue weighted by Gasteiger charge is -2.33. The minimum atomic E-state index is -4.05. The van der Waals surface area contributed by atoms with E-state index >= 15 is 0 Å². The molecular weight excluding hydrogens is 278 g/mol. The fourth-order valence-corrected chi connectivity index (χ4v) is 2.98. The van der Waals surface area contributed by atoms with Gasteiger partial charge in [-0.2, -0.15) is 17.0 Å². The summed E-state index contributed by atoms with van der Waals surface area (Å²) in [6, 6.07) is -1.02. The molecule has 10 heteroatoms. The molecule has 0 saturated carbocycles. The number of carbonyl (C=O) groups is 3. The molecule has 1 rings (SSSR count). The third-order valence-corrected chi connectivity index (χ3v) is 4.71. The molecule has 0 bridgehead atoms. The van der Waals surface area contributed by atoms with Crippen molar-refractivity contribution in [3.05, 3.63) is 0 Å². The molecule has 1 atom stereocenters. The Labute approximate surface area is 110 Å². The molecule has 0 aromatic heterocycles. The summed E-state index contributed by atoms with van der Waals surface area (Å²) in [6.07, 6.45) is -0.363. The zero-order valence-corrected chi connectivity index (χ0v) is 11.3. The maximum absolute atomic E-state index is 12.1. The lowest BCUT2D eigenvalue weighted by Crippen LogP contribution is -2.60. The van der Waals surface area contributed by atoms with E-state index in [9.17, 15) is 22.8 Å². The molecule has 9 nitrogen and oxygen atoms in total. The first kappa shape index (κ1) is 15.5. The van der Waals surface area contributed by atoms with E-state index in [0.717, 1.165) is 8.61 Å². The monoisotopic (exact) mass is 293 g/mol. The van der Waals surface area contributed by atoms with Gasteiger partial charge in [0.05, 0.1) is 13.0 Å². The Morgan fingerprint density at radius 3 is 2.63 bits per heavy atom. The van der Waals surface area contributed by atoms with Gasteiger partial charge in [0, 0.05) is 13.6 Å². The third kappa shape index (κ3) is 3.49. The summed E-state index contributed by atoms with van der Waals surface area (Å²) in [5.41, 5.74) is 0. The number of nitrogens with one attached hydrogen (secondary N) is 1. The second-order valence-corrected chi connectivity index (χ2v) is 6.09. The summed E-state index contributed by atoms with van der Waals surface area (Å²) < 4.78 is 25.8. The highest BCUT2D eigenvalue weighted by atomic mass is 32.2. The lowest BCUT2D eigenvalue weighted by molar-refractivity contribution is -0.138. The van der Waals surface area contributed by atoms with Gasteiger partial charge in [-0.3, -0.25) is 19.7 Å². The van der Waals surface area contributed by atoms with Gasteiger partial charge in [-0.1, -0.05) is 0 Å². The van der Waals surface area contributed by atoms with E-state index in [1.54, 1.807) is 0 Å². The number of carbonyl (C=O) groups excluding carboxylic acids is 2. The normalized spacial score (nSPS) is 21.5. The third-order valence-electron chi connectivity index (χ3n) is 2.70. The molecule has 0 aromatic rings. The van der Waals surface area contributed by atoms with Crippen LogP contribution in [0, 0.1) is 0 Å². The number of aliphatic carboxylic acids is 1. The summed E-state index contributed by atoms with van der Waals surface area (Å²) in [7, 11) is -2.85. The highest BCUT2D eigenvalue weighted by Gasteiger charge is 2.40. The van der Waals surface area contributed by atoms with Gasteiger partial charge >= 0.3 is 5.97 Å². The Morgan fingerprint density at radius 2 is 2.11 bits per heavy atom. The Morgan fingerprint density at radius 1 is 1.53 bits per heavy atom. The first-order chi connectivity index (χ1) is 8.66. The smallest absolute Gasteiger partial charge is 0.304 e. The molecule has 108 valence electrons. The van der Waals surface area contributed by atoms with Crippen LogP contribution < -0.4 is 5.32 Å². The Hall–Kier alpha value is -1.52. The van der Waals surface area contributed by atoms with Crippen LogP contribution in [0.1, 0.15) is 13.3 Å². The predicted octanol–water partition coefficient (Wildman–Crippen LogP) is -2.02. The van der Waals surface area contributed by atoms with Gasteiger partial charge in [0.2, 0.25) is 11.8 Å². The molecule has 2 N–H and O–H groups in total. The summed E-state index contributed by atoms with van der Waals surface area (Å²) in [6.45, 7) is 0.647. The van der Waals surface area contributed by atoms with Crippen LogP contribution in [-0.4, -0.2) is 66.1 Å². The lowest BCUT2D eigenvalue weighted by atomic mass is 10.2. The van der Waals surface area contributed by atoms with Crippen molar-refractivity contribution >= 4 is 28.0 Å². The molecule has 1 aliphatic heterocycles. The first-order valence-electron chi connectivity index (χ1n) is 5.45. The van der Waals surface area contributed by atoms with Crippen molar-refractivity contribution in [3.8, 4) is 0 Å². The van der Waals surface area contributed by atoms with E-state index in [1.165, 1.54) is 14.0 Å². The van der Waals surface area contributed by atoms with Crippen LogP contribution >= 0.6 is 0 Å². The molecule has 1 fully saturated rings. The number of carboxylic acid groups (broad SMARTS) is 1. The van der Waals surface area contributed by atoms with Gasteiger partial charge < -0.3 is 5.11 Å². The number of imide groups is 1. The van der Waals surface area contributed by atoms with Crippen molar-refractivity contribution in [1.82, 2.24) is 13.9 Å². The van der Waals surface area contributed by atoms with Crippen LogP contribution in [-0.2, 0) is 24.6 Å². The fraction of sp³-hybridized carbons (Fsp3) is 0.667. The Bertz CT molecular complexity index is 502. The number of carboxylic acids is 1. The minimum absolute atomic E-state index is 0.239. The maximum atomic E-state index is 12.1. The van der Waals surface area contributed by atoms with E-state index in [-0.39, 0.29) is 13.0 Å². The van der Waals surface area contributed by atoms with Crippen molar-refractivity contribution in [2.75, 3.05) is 20.1 Å². The number of piperazine rings is 1. The second-order valence-electron chi connectivity index (χ2n) is 4.11. The summed E-state index contributed by atoms with van der Waals surface area (Å²) >= 11 is 0. The van der Waals surface area contributed by atoms with Gasteiger partial charge in [0.15, 0.2) is 0 Å². The molecule has 0 radical (unpaired) electrons. The number of nitrogens with zero attached hydrogens (tertiary/aromatic N) is 2. The second kappa shape index (κ2) is 5.63. The molecule has 19 heavy (non-hydrogen) atoms. The van der Waals surface area contributed by atoms with E-state index in [4.69, 9.17) is 5.11 Å². The van der Waals surface area contributed by atoms with Gasteiger partial charge in [0.25, 0.3) is 10.2 Å². The zero-order chi connectivity index (χ0) is 14.8. The van der Waals surface area contributed by atoms with Crippen LogP contribution in [0.25, 0.3) is 0 Å². The molecule has 1 heterocycles. The van der Waals surface area contributed by atoms with Crippen molar-refractivity contribution in [1.29, 1.82) is 0 Å².